The average molecular weight is 540 g/mol. The standard InChI is InChI=1S/C26H31BrN4O2Si/c1-17-13-22(32-3)23(19-9-10-29-24(17)19)26(2,15-28)25-30-20-14-18(27)7-8-21(20)31(25)16-33-11-12-34(4,5)6/h7-10,13-14,29H,11-12,16H2,1-6H3. The third-order valence-corrected chi connectivity index (χ3v) is 8.52. The highest BCUT2D eigenvalue weighted by Gasteiger charge is 2.39. The van der Waals surface area contributed by atoms with Gasteiger partial charge < -0.3 is 19.0 Å². The number of halogens is 1. The molecule has 0 aliphatic carbocycles. The number of aryl methyl sites for hydroxylation is 1. The summed E-state index contributed by atoms with van der Waals surface area (Å²) < 4.78 is 14.9. The number of H-pyrrole nitrogens is 1. The summed E-state index contributed by atoms with van der Waals surface area (Å²) in [5.41, 5.74) is 3.53. The van der Waals surface area contributed by atoms with E-state index in [-0.39, 0.29) is 0 Å². The van der Waals surface area contributed by atoms with Crippen LogP contribution in [-0.4, -0.2) is 36.3 Å². The normalized spacial score (nSPS) is 13.8. The number of nitrogens with one attached hydrogen (secondary N) is 1. The topological polar surface area (TPSA) is 75.9 Å². The molecule has 34 heavy (non-hydrogen) atoms. The van der Waals surface area contributed by atoms with Gasteiger partial charge >= 0.3 is 0 Å². The van der Waals surface area contributed by atoms with Gasteiger partial charge in [-0.15, -0.1) is 0 Å². The number of fused-ring (bicyclic) bond motifs is 2. The maximum atomic E-state index is 10.6. The summed E-state index contributed by atoms with van der Waals surface area (Å²) in [6.07, 6.45) is 1.90. The molecule has 2 aromatic carbocycles. The van der Waals surface area contributed by atoms with Crippen LogP contribution in [0.1, 0.15) is 23.9 Å². The highest BCUT2D eigenvalue weighted by Crippen LogP contribution is 2.43. The molecule has 0 fully saturated rings. The van der Waals surface area contributed by atoms with Gasteiger partial charge in [0, 0.05) is 41.8 Å². The molecule has 4 aromatic rings. The van der Waals surface area contributed by atoms with Crippen molar-refractivity contribution in [3.8, 4) is 11.8 Å². The zero-order valence-corrected chi connectivity index (χ0v) is 23.2. The third kappa shape index (κ3) is 4.40. The Morgan fingerprint density at radius 2 is 2.00 bits per heavy atom. The molecule has 0 radical (unpaired) electrons. The van der Waals surface area contributed by atoms with Crippen molar-refractivity contribution in [2.45, 2.75) is 51.7 Å². The molecule has 2 heterocycles. The van der Waals surface area contributed by atoms with E-state index in [0.717, 1.165) is 43.6 Å². The van der Waals surface area contributed by atoms with Crippen LogP contribution in [0.4, 0.5) is 0 Å². The summed E-state index contributed by atoms with van der Waals surface area (Å²) in [6, 6.07) is 13.6. The Morgan fingerprint density at radius 3 is 2.68 bits per heavy atom. The number of aromatic nitrogens is 3. The minimum atomic E-state index is -1.22. The number of benzene rings is 2. The number of aromatic amines is 1. The Hall–Kier alpha value is -2.60. The van der Waals surface area contributed by atoms with E-state index >= 15 is 0 Å². The van der Waals surface area contributed by atoms with E-state index in [1.165, 1.54) is 0 Å². The lowest BCUT2D eigenvalue weighted by Crippen LogP contribution is -2.28. The van der Waals surface area contributed by atoms with E-state index in [1.54, 1.807) is 7.11 Å². The molecular formula is C26H31BrN4O2Si. The molecule has 4 rings (SSSR count). The van der Waals surface area contributed by atoms with Gasteiger partial charge in [0.1, 0.15) is 23.7 Å². The third-order valence-electron chi connectivity index (χ3n) is 6.32. The number of imidazole rings is 1. The van der Waals surface area contributed by atoms with Crippen LogP contribution >= 0.6 is 15.9 Å². The van der Waals surface area contributed by atoms with Crippen LogP contribution < -0.4 is 4.74 Å². The summed E-state index contributed by atoms with van der Waals surface area (Å²) in [5.74, 6) is 1.31. The summed E-state index contributed by atoms with van der Waals surface area (Å²) in [5, 5.41) is 11.6. The fraction of sp³-hybridized carbons (Fsp3) is 0.385. The number of ether oxygens (including phenoxy) is 2. The lowest BCUT2D eigenvalue weighted by molar-refractivity contribution is 0.0868. The molecule has 0 saturated heterocycles. The zero-order chi connectivity index (χ0) is 24.7. The van der Waals surface area contributed by atoms with Crippen molar-refractivity contribution in [3.63, 3.8) is 0 Å². The molecule has 0 amide bonds. The van der Waals surface area contributed by atoms with Crippen molar-refractivity contribution in [2.24, 2.45) is 0 Å². The smallest absolute Gasteiger partial charge is 0.141 e. The second kappa shape index (κ2) is 9.21. The van der Waals surface area contributed by atoms with Crippen LogP contribution in [0.5, 0.6) is 5.75 Å². The van der Waals surface area contributed by atoms with E-state index < -0.39 is 13.5 Å². The summed E-state index contributed by atoms with van der Waals surface area (Å²) >= 11 is 3.56. The molecule has 6 nitrogen and oxygen atoms in total. The van der Waals surface area contributed by atoms with Crippen molar-refractivity contribution in [2.75, 3.05) is 13.7 Å². The quantitative estimate of drug-likeness (QED) is 0.199. The predicted octanol–water partition coefficient (Wildman–Crippen LogP) is 6.74. The Morgan fingerprint density at radius 1 is 1.24 bits per heavy atom. The predicted molar refractivity (Wildman–Crippen MR) is 143 cm³/mol. The minimum Gasteiger partial charge on any atom is -0.496 e. The van der Waals surface area contributed by atoms with E-state index in [9.17, 15) is 5.26 Å². The van der Waals surface area contributed by atoms with Gasteiger partial charge in [0.25, 0.3) is 0 Å². The molecule has 1 N–H and O–H groups in total. The van der Waals surface area contributed by atoms with E-state index in [1.807, 2.05) is 54.9 Å². The summed E-state index contributed by atoms with van der Waals surface area (Å²) in [4.78, 5) is 8.30. The van der Waals surface area contributed by atoms with Crippen molar-refractivity contribution in [1.29, 1.82) is 5.26 Å². The van der Waals surface area contributed by atoms with Crippen molar-refractivity contribution in [3.05, 3.63) is 58.0 Å². The first-order valence-electron chi connectivity index (χ1n) is 11.4. The fourth-order valence-electron chi connectivity index (χ4n) is 4.42. The number of methoxy groups -OCH3 is 1. The maximum Gasteiger partial charge on any atom is 0.141 e. The number of rotatable bonds is 8. The zero-order valence-electron chi connectivity index (χ0n) is 20.6. The SMILES string of the molecule is COc1cc(C)c2[nH]ccc2c1C(C)(C#N)c1nc2cc(Br)ccc2n1COCC[Si](C)(C)C. The Kier molecular flexibility index (Phi) is 6.64. The van der Waals surface area contributed by atoms with Gasteiger partial charge in [0.15, 0.2) is 0 Å². The lowest BCUT2D eigenvalue weighted by Gasteiger charge is -2.26. The van der Waals surface area contributed by atoms with E-state index in [2.05, 4.69) is 46.6 Å². The minimum absolute atomic E-state index is 0.333. The summed E-state index contributed by atoms with van der Waals surface area (Å²) in [6.45, 7) is 12.0. The van der Waals surface area contributed by atoms with Crippen LogP contribution in [0.3, 0.4) is 0 Å². The van der Waals surface area contributed by atoms with Gasteiger partial charge in [-0.2, -0.15) is 5.26 Å². The first kappa shape index (κ1) is 24.5. The Balaban J connectivity index is 1.91. The molecule has 2 aromatic heterocycles. The largest absolute Gasteiger partial charge is 0.496 e. The van der Waals surface area contributed by atoms with Crippen molar-refractivity contribution >= 4 is 45.9 Å². The molecule has 0 aliphatic rings. The molecule has 178 valence electrons. The molecule has 0 bridgehead atoms. The Labute approximate surface area is 210 Å². The van der Waals surface area contributed by atoms with Gasteiger partial charge in [-0.05, 0) is 55.8 Å². The van der Waals surface area contributed by atoms with Gasteiger partial charge in [-0.25, -0.2) is 4.98 Å². The monoisotopic (exact) mass is 538 g/mol. The molecule has 0 spiro atoms. The first-order chi connectivity index (χ1) is 16.1. The first-order valence-corrected chi connectivity index (χ1v) is 15.9. The number of nitriles is 1. The Bertz CT molecular complexity index is 1400. The number of nitrogens with zero attached hydrogens (tertiary/aromatic N) is 3. The molecule has 0 aliphatic heterocycles. The van der Waals surface area contributed by atoms with Gasteiger partial charge in [0.2, 0.25) is 0 Å². The second-order valence-corrected chi connectivity index (χ2v) is 16.7. The van der Waals surface area contributed by atoms with Crippen LogP contribution in [0.25, 0.3) is 21.9 Å². The molecule has 1 unspecified atom stereocenters. The number of hydrogen-bond donors (Lipinski definition) is 1. The fourth-order valence-corrected chi connectivity index (χ4v) is 5.53. The van der Waals surface area contributed by atoms with Crippen LogP contribution in [0.15, 0.2) is 41.0 Å². The van der Waals surface area contributed by atoms with Gasteiger partial charge in [0.05, 0.1) is 24.2 Å². The lowest BCUT2D eigenvalue weighted by atomic mass is 9.80. The van der Waals surface area contributed by atoms with E-state index in [4.69, 9.17) is 14.5 Å². The number of hydrogen-bond acceptors (Lipinski definition) is 4. The van der Waals surface area contributed by atoms with Crippen LogP contribution in [0.2, 0.25) is 25.7 Å². The second-order valence-electron chi connectivity index (χ2n) is 10.1. The molecule has 8 heteroatoms. The van der Waals surface area contributed by atoms with Crippen molar-refractivity contribution in [1.82, 2.24) is 14.5 Å². The van der Waals surface area contributed by atoms with Crippen molar-refractivity contribution < 1.29 is 9.47 Å². The van der Waals surface area contributed by atoms with Gasteiger partial charge in [-0.3, -0.25) is 0 Å². The highest BCUT2D eigenvalue weighted by atomic mass is 79.9. The summed E-state index contributed by atoms with van der Waals surface area (Å²) in [7, 11) is 0.428. The molecular weight excluding hydrogens is 508 g/mol. The molecule has 1 atom stereocenters. The van der Waals surface area contributed by atoms with Crippen LogP contribution in [0, 0.1) is 18.3 Å². The van der Waals surface area contributed by atoms with Gasteiger partial charge in [-0.1, -0.05) is 35.6 Å². The van der Waals surface area contributed by atoms with Crippen LogP contribution in [-0.2, 0) is 16.9 Å². The van der Waals surface area contributed by atoms with E-state index in [0.29, 0.717) is 24.9 Å². The average Bonchev–Trinajstić information content (AvgIpc) is 3.40. The molecule has 0 saturated carbocycles. The maximum absolute atomic E-state index is 10.6. The highest BCUT2D eigenvalue weighted by molar-refractivity contribution is 9.10.